The van der Waals surface area contributed by atoms with Gasteiger partial charge in [-0.3, -0.25) is 9.59 Å². The lowest BCUT2D eigenvalue weighted by Gasteiger charge is -2.09. The molecule has 2 amide bonds. The highest BCUT2D eigenvalue weighted by Crippen LogP contribution is 2.25. The number of carbonyl (C=O) groups excluding carboxylic acids is 2. The molecule has 0 saturated heterocycles. The molecule has 1 heterocycles. The van der Waals surface area contributed by atoms with Crippen molar-refractivity contribution in [2.75, 3.05) is 5.32 Å². The highest BCUT2D eigenvalue weighted by atomic mass is 35.5. The Labute approximate surface area is 184 Å². The lowest BCUT2D eigenvalue weighted by atomic mass is 10.2. The molecule has 3 rings (SSSR count). The number of anilines is 1. The Morgan fingerprint density at radius 1 is 0.933 bits per heavy atom. The summed E-state index contributed by atoms with van der Waals surface area (Å²) in [6.45, 7) is 6.00. The van der Waals surface area contributed by atoms with E-state index in [9.17, 15) is 9.59 Å². The zero-order chi connectivity index (χ0) is 21.8. The molecular weight excluding hydrogens is 423 g/mol. The van der Waals surface area contributed by atoms with E-state index in [1.165, 1.54) is 23.9 Å². The highest BCUT2D eigenvalue weighted by molar-refractivity contribution is 6.42. The predicted octanol–water partition coefficient (Wildman–Crippen LogP) is 4.80. The van der Waals surface area contributed by atoms with Crippen molar-refractivity contribution in [3.63, 3.8) is 0 Å². The third-order valence-corrected chi connectivity index (χ3v) is 5.25. The van der Waals surface area contributed by atoms with Crippen molar-refractivity contribution in [3.8, 4) is 5.69 Å². The van der Waals surface area contributed by atoms with Crippen LogP contribution in [0.4, 0.5) is 5.69 Å². The maximum absolute atomic E-state index is 12.0. The molecule has 1 aromatic heterocycles. The van der Waals surface area contributed by atoms with Crippen LogP contribution in [-0.4, -0.2) is 22.6 Å². The van der Waals surface area contributed by atoms with Crippen LogP contribution in [0.5, 0.6) is 0 Å². The molecule has 0 aliphatic carbocycles. The first-order valence-electron chi connectivity index (χ1n) is 9.11. The summed E-state index contributed by atoms with van der Waals surface area (Å²) in [5, 5.41) is 6.98. The minimum Gasteiger partial charge on any atom is -0.318 e. The summed E-state index contributed by atoms with van der Waals surface area (Å²) in [7, 11) is 0. The molecule has 0 saturated carbocycles. The fourth-order valence-corrected chi connectivity index (χ4v) is 3.28. The molecule has 0 atom stereocenters. The number of rotatable bonds is 4. The van der Waals surface area contributed by atoms with Crippen LogP contribution in [0.25, 0.3) is 5.69 Å². The van der Waals surface area contributed by atoms with Crippen molar-refractivity contribution in [2.45, 2.75) is 20.8 Å². The number of hydrogen-bond donors (Lipinski definition) is 2. The molecule has 0 bridgehead atoms. The predicted molar refractivity (Wildman–Crippen MR) is 121 cm³/mol. The van der Waals surface area contributed by atoms with Crippen LogP contribution in [0.1, 0.15) is 22.5 Å². The molecule has 0 fully saturated rings. The Kier molecular flexibility index (Phi) is 6.59. The first-order valence-corrected chi connectivity index (χ1v) is 9.87. The fraction of sp³-hybridized carbons (Fsp3) is 0.136. The van der Waals surface area contributed by atoms with Crippen LogP contribution in [0.3, 0.4) is 0 Å². The second kappa shape index (κ2) is 9.15. The third-order valence-electron chi connectivity index (χ3n) is 4.52. The molecule has 8 heteroatoms. The number of carbonyl (C=O) groups is 2. The Balaban J connectivity index is 1.66. The van der Waals surface area contributed by atoms with Gasteiger partial charge in [0.15, 0.2) is 0 Å². The molecule has 6 nitrogen and oxygen atoms in total. The summed E-state index contributed by atoms with van der Waals surface area (Å²) in [6.07, 6.45) is 1.51. The average Bonchev–Trinajstić information content (AvgIpc) is 2.99. The van der Waals surface area contributed by atoms with Crippen molar-refractivity contribution >= 4 is 46.9 Å². The van der Waals surface area contributed by atoms with Crippen LogP contribution < -0.4 is 10.7 Å². The number of hydrogen-bond acceptors (Lipinski definition) is 3. The molecular formula is C22H20Cl2N4O2. The second-order valence-corrected chi connectivity index (χ2v) is 7.59. The maximum Gasteiger partial charge on any atom is 0.329 e. The molecule has 30 heavy (non-hydrogen) atoms. The second-order valence-electron chi connectivity index (χ2n) is 6.78. The molecule has 0 aliphatic rings. The van der Waals surface area contributed by atoms with Gasteiger partial charge in [0.2, 0.25) is 0 Å². The molecule has 2 aromatic carbocycles. The zero-order valence-electron chi connectivity index (χ0n) is 16.7. The first-order chi connectivity index (χ1) is 14.3. The Morgan fingerprint density at radius 3 is 2.30 bits per heavy atom. The summed E-state index contributed by atoms with van der Waals surface area (Å²) >= 11 is 11.7. The van der Waals surface area contributed by atoms with Crippen LogP contribution in [-0.2, 0) is 9.59 Å². The van der Waals surface area contributed by atoms with E-state index < -0.39 is 11.8 Å². The minimum atomic E-state index is -0.898. The fourth-order valence-electron chi connectivity index (χ4n) is 2.98. The van der Waals surface area contributed by atoms with Gasteiger partial charge in [-0.2, -0.15) is 5.10 Å². The van der Waals surface area contributed by atoms with Crippen LogP contribution in [0, 0.1) is 20.8 Å². The third kappa shape index (κ3) is 4.90. The monoisotopic (exact) mass is 442 g/mol. The van der Waals surface area contributed by atoms with E-state index in [-0.39, 0.29) is 5.02 Å². The van der Waals surface area contributed by atoms with Crippen molar-refractivity contribution in [1.29, 1.82) is 0 Å². The van der Waals surface area contributed by atoms with Crippen LogP contribution in [0.2, 0.25) is 10.0 Å². The van der Waals surface area contributed by atoms with E-state index in [0.29, 0.717) is 10.7 Å². The molecule has 0 spiro atoms. The number of amides is 2. The van der Waals surface area contributed by atoms with Gasteiger partial charge in [0.1, 0.15) is 0 Å². The van der Waals surface area contributed by atoms with Crippen molar-refractivity contribution < 1.29 is 9.59 Å². The Morgan fingerprint density at radius 2 is 1.63 bits per heavy atom. The SMILES string of the molecule is Cc1ccc(-n2c(C)cc(/C=N\NC(=O)C(=O)Nc3ccc(Cl)c(Cl)c3)c2C)cc1. The number of nitrogens with one attached hydrogen (secondary N) is 2. The molecule has 3 aromatic rings. The van der Waals surface area contributed by atoms with Gasteiger partial charge in [-0.15, -0.1) is 0 Å². The summed E-state index contributed by atoms with van der Waals surface area (Å²) in [6, 6.07) is 14.7. The lowest BCUT2D eigenvalue weighted by Crippen LogP contribution is -2.32. The van der Waals surface area contributed by atoms with E-state index in [1.807, 2.05) is 39.0 Å². The van der Waals surface area contributed by atoms with E-state index >= 15 is 0 Å². The molecule has 2 N–H and O–H groups in total. The van der Waals surface area contributed by atoms with Gasteiger partial charge in [-0.1, -0.05) is 40.9 Å². The lowest BCUT2D eigenvalue weighted by molar-refractivity contribution is -0.136. The summed E-state index contributed by atoms with van der Waals surface area (Å²) < 4.78 is 2.10. The van der Waals surface area contributed by atoms with Gasteiger partial charge in [-0.25, -0.2) is 5.43 Å². The van der Waals surface area contributed by atoms with Gasteiger partial charge in [0.05, 0.1) is 16.3 Å². The van der Waals surface area contributed by atoms with Crippen molar-refractivity contribution in [2.24, 2.45) is 5.10 Å². The van der Waals surface area contributed by atoms with E-state index in [2.05, 4.69) is 32.5 Å². The number of nitrogens with zero attached hydrogens (tertiary/aromatic N) is 2. The van der Waals surface area contributed by atoms with Crippen LogP contribution in [0.15, 0.2) is 53.6 Å². The van der Waals surface area contributed by atoms with E-state index in [4.69, 9.17) is 23.2 Å². The van der Waals surface area contributed by atoms with Crippen molar-refractivity contribution in [1.82, 2.24) is 9.99 Å². The van der Waals surface area contributed by atoms with Crippen molar-refractivity contribution in [3.05, 3.63) is 81.1 Å². The largest absolute Gasteiger partial charge is 0.329 e. The highest BCUT2D eigenvalue weighted by Gasteiger charge is 2.14. The quantitative estimate of drug-likeness (QED) is 0.345. The molecule has 0 unspecified atom stereocenters. The molecule has 0 aliphatic heterocycles. The topological polar surface area (TPSA) is 75.5 Å². The van der Waals surface area contributed by atoms with E-state index in [0.717, 1.165) is 22.6 Å². The standard InChI is InChI=1S/C22H20Cl2N4O2/c1-13-4-7-18(8-5-13)28-14(2)10-16(15(28)3)12-25-27-22(30)21(29)26-17-6-9-19(23)20(24)11-17/h4-12H,1-3H3,(H,26,29)(H,27,30)/b25-12-. The maximum atomic E-state index is 12.0. The summed E-state index contributed by atoms with van der Waals surface area (Å²) in [5.41, 5.74) is 7.64. The minimum absolute atomic E-state index is 0.275. The smallest absolute Gasteiger partial charge is 0.318 e. The average molecular weight is 443 g/mol. The van der Waals surface area contributed by atoms with Crippen LogP contribution >= 0.6 is 23.2 Å². The number of aryl methyl sites for hydroxylation is 2. The number of halogens is 2. The zero-order valence-corrected chi connectivity index (χ0v) is 18.2. The molecule has 154 valence electrons. The first kappa shape index (κ1) is 21.6. The Bertz CT molecular complexity index is 1130. The van der Waals surface area contributed by atoms with E-state index in [1.54, 1.807) is 6.07 Å². The Hall–Kier alpha value is -3.09. The number of hydrazone groups is 1. The summed E-state index contributed by atoms with van der Waals surface area (Å²) in [5.74, 6) is -1.76. The number of benzene rings is 2. The summed E-state index contributed by atoms with van der Waals surface area (Å²) in [4.78, 5) is 24.0. The van der Waals surface area contributed by atoms with Gasteiger partial charge in [-0.05, 0) is 57.2 Å². The van der Waals surface area contributed by atoms with Gasteiger partial charge in [0, 0.05) is 28.3 Å². The normalized spacial score (nSPS) is 11.0. The number of aromatic nitrogens is 1. The molecule has 0 radical (unpaired) electrons. The van der Waals surface area contributed by atoms with Gasteiger partial charge in [0.25, 0.3) is 0 Å². The van der Waals surface area contributed by atoms with Gasteiger partial charge < -0.3 is 9.88 Å². The van der Waals surface area contributed by atoms with Gasteiger partial charge >= 0.3 is 11.8 Å².